The first-order chi connectivity index (χ1) is 9.30. The molecule has 0 aliphatic heterocycles. The number of hydrogen-bond donors (Lipinski definition) is 0. The lowest BCUT2D eigenvalue weighted by atomic mass is 9.75. The highest BCUT2D eigenvalue weighted by Gasteiger charge is 2.27. The molecule has 1 nitrogen and oxygen atoms in total. The summed E-state index contributed by atoms with van der Waals surface area (Å²) in [6, 6.07) is 10.9. The summed E-state index contributed by atoms with van der Waals surface area (Å²) in [6.07, 6.45) is 11.6. The SMILES string of the molecule is CCN(CC)CCC1(c2ccccc2)C=CCC=C1.Cl. The average molecular weight is 292 g/mol. The molecule has 2 heteroatoms. The largest absolute Gasteiger partial charge is 0.304 e. The van der Waals surface area contributed by atoms with E-state index in [4.69, 9.17) is 0 Å². The minimum atomic E-state index is 0. The molecule has 2 rings (SSSR count). The van der Waals surface area contributed by atoms with E-state index in [-0.39, 0.29) is 17.8 Å². The molecule has 0 unspecified atom stereocenters. The summed E-state index contributed by atoms with van der Waals surface area (Å²) in [5.41, 5.74) is 1.51. The van der Waals surface area contributed by atoms with Crippen LogP contribution in [0.25, 0.3) is 0 Å². The van der Waals surface area contributed by atoms with Crippen molar-refractivity contribution in [3.8, 4) is 0 Å². The van der Waals surface area contributed by atoms with Crippen LogP contribution in [-0.2, 0) is 5.41 Å². The molecule has 0 radical (unpaired) electrons. The Morgan fingerprint density at radius 1 is 1.00 bits per heavy atom. The molecule has 110 valence electrons. The predicted octanol–water partition coefficient (Wildman–Crippen LogP) is 4.59. The van der Waals surface area contributed by atoms with Gasteiger partial charge >= 0.3 is 0 Å². The van der Waals surface area contributed by atoms with Crippen LogP contribution >= 0.6 is 12.4 Å². The second-order valence-corrected chi connectivity index (χ2v) is 5.22. The highest BCUT2D eigenvalue weighted by molar-refractivity contribution is 5.85. The summed E-state index contributed by atoms with van der Waals surface area (Å²) < 4.78 is 0. The van der Waals surface area contributed by atoms with Gasteiger partial charge in [-0.1, -0.05) is 68.5 Å². The molecule has 0 fully saturated rings. The monoisotopic (exact) mass is 291 g/mol. The highest BCUT2D eigenvalue weighted by Crippen LogP contribution is 2.34. The summed E-state index contributed by atoms with van der Waals surface area (Å²) >= 11 is 0. The Morgan fingerprint density at radius 2 is 1.60 bits per heavy atom. The van der Waals surface area contributed by atoms with E-state index >= 15 is 0 Å². The normalized spacial score (nSPS) is 16.1. The van der Waals surface area contributed by atoms with Crippen molar-refractivity contribution in [2.24, 2.45) is 0 Å². The van der Waals surface area contributed by atoms with Gasteiger partial charge in [0, 0.05) is 5.41 Å². The Hall–Kier alpha value is -1.05. The first kappa shape index (κ1) is 17.0. The van der Waals surface area contributed by atoms with E-state index in [0.717, 1.165) is 32.5 Å². The molecule has 0 N–H and O–H groups in total. The van der Waals surface area contributed by atoms with Crippen molar-refractivity contribution in [2.45, 2.75) is 32.1 Å². The van der Waals surface area contributed by atoms with Gasteiger partial charge < -0.3 is 4.90 Å². The van der Waals surface area contributed by atoms with Crippen LogP contribution in [-0.4, -0.2) is 24.5 Å². The van der Waals surface area contributed by atoms with Crippen LogP contribution < -0.4 is 0 Å². The lowest BCUT2D eigenvalue weighted by Gasteiger charge is -2.32. The van der Waals surface area contributed by atoms with Crippen molar-refractivity contribution in [1.82, 2.24) is 4.90 Å². The van der Waals surface area contributed by atoms with Crippen LogP contribution in [0.1, 0.15) is 32.3 Å². The number of allylic oxidation sites excluding steroid dienone is 4. The molecule has 0 spiro atoms. The first-order valence-corrected chi connectivity index (χ1v) is 7.44. The summed E-state index contributed by atoms with van der Waals surface area (Å²) in [7, 11) is 0. The maximum Gasteiger partial charge on any atom is 0.0324 e. The van der Waals surface area contributed by atoms with Crippen molar-refractivity contribution in [3.05, 3.63) is 60.2 Å². The van der Waals surface area contributed by atoms with Crippen LogP contribution in [0, 0.1) is 0 Å². The number of hydrogen-bond acceptors (Lipinski definition) is 1. The Bertz CT molecular complexity index is 420. The Kier molecular flexibility index (Phi) is 7.04. The predicted molar refractivity (Wildman–Crippen MR) is 90.7 cm³/mol. The zero-order chi connectivity index (χ0) is 13.6. The molecule has 0 atom stereocenters. The minimum Gasteiger partial charge on any atom is -0.304 e. The van der Waals surface area contributed by atoms with E-state index < -0.39 is 0 Å². The molecule has 1 aromatic carbocycles. The van der Waals surface area contributed by atoms with Crippen molar-refractivity contribution in [3.63, 3.8) is 0 Å². The van der Waals surface area contributed by atoms with Crippen molar-refractivity contribution in [2.75, 3.05) is 19.6 Å². The van der Waals surface area contributed by atoms with E-state index in [9.17, 15) is 0 Å². The summed E-state index contributed by atoms with van der Waals surface area (Å²) in [4.78, 5) is 2.50. The highest BCUT2D eigenvalue weighted by atomic mass is 35.5. The van der Waals surface area contributed by atoms with Crippen LogP contribution in [0.2, 0.25) is 0 Å². The zero-order valence-corrected chi connectivity index (χ0v) is 13.4. The van der Waals surface area contributed by atoms with Crippen LogP contribution in [0.4, 0.5) is 0 Å². The lowest BCUT2D eigenvalue weighted by Crippen LogP contribution is -2.31. The van der Waals surface area contributed by atoms with Gasteiger partial charge in [-0.2, -0.15) is 0 Å². The molecule has 0 heterocycles. The van der Waals surface area contributed by atoms with Gasteiger partial charge in [-0.15, -0.1) is 12.4 Å². The van der Waals surface area contributed by atoms with Crippen molar-refractivity contribution in [1.29, 1.82) is 0 Å². The molecule has 0 amide bonds. The van der Waals surface area contributed by atoms with Crippen molar-refractivity contribution >= 4 is 12.4 Å². The quantitative estimate of drug-likeness (QED) is 0.693. The van der Waals surface area contributed by atoms with Gasteiger partial charge in [0.05, 0.1) is 0 Å². The van der Waals surface area contributed by atoms with E-state index in [1.807, 2.05) is 0 Å². The zero-order valence-electron chi connectivity index (χ0n) is 12.6. The third-order valence-corrected chi connectivity index (χ3v) is 4.15. The topological polar surface area (TPSA) is 3.24 Å². The molecule has 1 aromatic rings. The van der Waals surface area contributed by atoms with E-state index in [1.165, 1.54) is 5.56 Å². The first-order valence-electron chi connectivity index (χ1n) is 7.44. The van der Waals surface area contributed by atoms with Crippen LogP contribution in [0.5, 0.6) is 0 Å². The Balaban J connectivity index is 0.00000200. The molecule has 1 aliphatic carbocycles. The number of halogens is 1. The lowest BCUT2D eigenvalue weighted by molar-refractivity contribution is 0.285. The van der Waals surface area contributed by atoms with Gasteiger partial charge in [-0.05, 0) is 38.0 Å². The van der Waals surface area contributed by atoms with E-state index in [1.54, 1.807) is 0 Å². The molecular formula is C18H26ClN. The summed E-state index contributed by atoms with van der Waals surface area (Å²) in [6.45, 7) is 7.90. The molecule has 0 saturated heterocycles. The molecule has 1 aliphatic rings. The number of nitrogens with zero attached hydrogens (tertiary/aromatic N) is 1. The fourth-order valence-electron chi connectivity index (χ4n) is 2.83. The number of rotatable bonds is 6. The summed E-state index contributed by atoms with van der Waals surface area (Å²) in [5.74, 6) is 0. The smallest absolute Gasteiger partial charge is 0.0324 e. The van der Waals surface area contributed by atoms with Gasteiger partial charge in [-0.25, -0.2) is 0 Å². The molecule has 20 heavy (non-hydrogen) atoms. The van der Waals surface area contributed by atoms with E-state index in [0.29, 0.717) is 0 Å². The van der Waals surface area contributed by atoms with Crippen LogP contribution in [0.3, 0.4) is 0 Å². The van der Waals surface area contributed by atoms with Gasteiger partial charge in [0.25, 0.3) is 0 Å². The van der Waals surface area contributed by atoms with Gasteiger partial charge in [-0.3, -0.25) is 0 Å². The summed E-state index contributed by atoms with van der Waals surface area (Å²) in [5, 5.41) is 0. The second kappa shape index (κ2) is 8.28. The Labute approximate surface area is 129 Å². The fourth-order valence-corrected chi connectivity index (χ4v) is 2.83. The van der Waals surface area contributed by atoms with Gasteiger partial charge in [0.15, 0.2) is 0 Å². The number of benzene rings is 1. The standard InChI is InChI=1S/C18H25N.ClH/c1-3-19(4-2)16-15-18(13-9-6-10-14-18)17-11-7-5-8-12-17;/h5,7-14H,3-4,6,15-16H2,1-2H3;1H. The molecule has 0 aromatic heterocycles. The van der Waals surface area contributed by atoms with Gasteiger partial charge in [0.1, 0.15) is 0 Å². The minimum absolute atomic E-state index is 0. The maximum atomic E-state index is 2.50. The van der Waals surface area contributed by atoms with Crippen molar-refractivity contribution < 1.29 is 0 Å². The maximum absolute atomic E-state index is 2.50. The molecule has 0 bridgehead atoms. The van der Waals surface area contributed by atoms with Crippen LogP contribution in [0.15, 0.2) is 54.6 Å². The fraction of sp³-hybridized carbons (Fsp3) is 0.444. The van der Waals surface area contributed by atoms with E-state index in [2.05, 4.69) is 73.4 Å². The third-order valence-electron chi connectivity index (χ3n) is 4.15. The molecule has 0 saturated carbocycles. The second-order valence-electron chi connectivity index (χ2n) is 5.22. The molecular weight excluding hydrogens is 266 g/mol. The third kappa shape index (κ3) is 3.97. The Morgan fingerprint density at radius 3 is 2.15 bits per heavy atom. The average Bonchev–Trinajstić information content (AvgIpc) is 2.50. The van der Waals surface area contributed by atoms with Gasteiger partial charge in [0.2, 0.25) is 0 Å².